The molecule has 0 bridgehead atoms. The number of morpholine rings is 1. The number of rotatable bonds is 6. The molecule has 7 nitrogen and oxygen atoms in total. The first kappa shape index (κ1) is 22.4. The van der Waals surface area contributed by atoms with Gasteiger partial charge in [-0.3, -0.25) is 14.3 Å². The summed E-state index contributed by atoms with van der Waals surface area (Å²) in [7, 11) is 0. The van der Waals surface area contributed by atoms with Crippen molar-refractivity contribution in [2.24, 2.45) is 0 Å². The molecule has 9 heteroatoms. The average molecular weight is 553 g/mol. The first-order valence-electron chi connectivity index (χ1n) is 10.0. The van der Waals surface area contributed by atoms with Gasteiger partial charge in [0.05, 0.1) is 29.8 Å². The highest BCUT2D eigenvalue weighted by Gasteiger charge is 2.16. The number of benzene rings is 2. The molecule has 0 aliphatic carbocycles. The number of hydrogen-bond acceptors (Lipinski definition) is 6. The lowest BCUT2D eigenvalue weighted by Gasteiger charge is -2.28. The normalized spacial score (nSPS) is 15.9. The molecule has 4 rings (SSSR count). The van der Waals surface area contributed by atoms with E-state index in [1.54, 1.807) is 22.8 Å². The number of hydrogen-bond donors (Lipinski definition) is 1. The molecule has 1 N–H and O–H groups in total. The van der Waals surface area contributed by atoms with Gasteiger partial charge in [0.25, 0.3) is 5.56 Å². The molecule has 2 heterocycles. The maximum absolute atomic E-state index is 13.1. The predicted molar refractivity (Wildman–Crippen MR) is 126 cm³/mol. The van der Waals surface area contributed by atoms with Gasteiger partial charge in [0.15, 0.2) is 0 Å². The highest BCUT2D eigenvalue weighted by atomic mass is 79.9. The van der Waals surface area contributed by atoms with Gasteiger partial charge < -0.3 is 14.6 Å². The summed E-state index contributed by atoms with van der Waals surface area (Å²) in [5.74, 6) is 1.23. The van der Waals surface area contributed by atoms with Gasteiger partial charge in [-0.1, -0.05) is 15.9 Å². The van der Waals surface area contributed by atoms with E-state index in [1.165, 1.54) is 0 Å². The molecule has 1 aliphatic heterocycles. The molecule has 0 amide bonds. The second-order valence-electron chi connectivity index (χ2n) is 7.46. The van der Waals surface area contributed by atoms with Gasteiger partial charge in [-0.2, -0.15) is 0 Å². The van der Waals surface area contributed by atoms with Gasteiger partial charge >= 0.3 is 0 Å². The lowest BCUT2D eigenvalue weighted by Crippen LogP contribution is -2.42. The van der Waals surface area contributed by atoms with Crippen LogP contribution in [0.1, 0.15) is 5.82 Å². The van der Waals surface area contributed by atoms with Crippen LogP contribution in [0.2, 0.25) is 0 Å². The fourth-order valence-electron chi connectivity index (χ4n) is 3.64. The molecule has 1 fully saturated rings. The van der Waals surface area contributed by atoms with E-state index in [0.717, 1.165) is 22.0 Å². The van der Waals surface area contributed by atoms with Crippen LogP contribution in [0.3, 0.4) is 0 Å². The molecule has 31 heavy (non-hydrogen) atoms. The van der Waals surface area contributed by atoms with Crippen LogP contribution in [0, 0.1) is 6.92 Å². The number of β-amino-alcohol motifs (C(OH)–C–C–N with tert-alkyl or cyclic N) is 1. The number of halogens is 2. The Morgan fingerprint density at radius 1 is 1.19 bits per heavy atom. The molecule has 3 aromatic rings. The van der Waals surface area contributed by atoms with E-state index in [9.17, 15) is 9.90 Å². The summed E-state index contributed by atoms with van der Waals surface area (Å²) in [6.07, 6.45) is -0.579. The van der Waals surface area contributed by atoms with Crippen molar-refractivity contribution >= 4 is 42.8 Å². The van der Waals surface area contributed by atoms with E-state index >= 15 is 0 Å². The van der Waals surface area contributed by atoms with E-state index in [4.69, 9.17) is 9.47 Å². The van der Waals surface area contributed by atoms with Crippen molar-refractivity contribution in [2.75, 3.05) is 39.5 Å². The quantitative estimate of drug-likeness (QED) is 0.506. The SMILES string of the molecule is Cc1nc2c(Br)cc(Br)cc2c(=O)n1-c1ccc(OCC(O)CN2CCOCC2)cc1. The standard InChI is InChI=1S/C22H23Br2N3O4/c1-14-25-21-19(10-15(23)11-20(21)24)22(29)27(14)16-2-4-18(5-3-16)31-13-17(28)12-26-6-8-30-9-7-26/h2-5,10-11,17,28H,6-9,12-13H2,1H3. The number of aryl methyl sites for hydroxylation is 1. The maximum atomic E-state index is 13.1. The predicted octanol–water partition coefficient (Wildman–Crippen LogP) is 3.29. The van der Waals surface area contributed by atoms with Crippen molar-refractivity contribution < 1.29 is 14.6 Å². The monoisotopic (exact) mass is 551 g/mol. The Bertz CT molecular complexity index is 1130. The van der Waals surface area contributed by atoms with E-state index in [2.05, 4.69) is 41.7 Å². The Labute approximate surface area is 196 Å². The summed E-state index contributed by atoms with van der Waals surface area (Å²) >= 11 is 6.91. The van der Waals surface area contributed by atoms with Crippen LogP contribution in [0.15, 0.2) is 50.1 Å². The zero-order valence-corrected chi connectivity index (χ0v) is 20.2. The number of aliphatic hydroxyl groups is 1. The minimum Gasteiger partial charge on any atom is -0.491 e. The molecular weight excluding hydrogens is 530 g/mol. The zero-order chi connectivity index (χ0) is 22.0. The molecule has 1 atom stereocenters. The smallest absolute Gasteiger partial charge is 0.266 e. The zero-order valence-electron chi connectivity index (χ0n) is 17.1. The topological polar surface area (TPSA) is 76.8 Å². The molecule has 1 saturated heterocycles. The summed E-state index contributed by atoms with van der Waals surface area (Å²) in [5, 5.41) is 10.8. The number of ether oxygens (including phenoxy) is 2. The third-order valence-corrected chi connectivity index (χ3v) is 6.23. The lowest BCUT2D eigenvalue weighted by atomic mass is 10.2. The molecule has 164 valence electrons. The minimum absolute atomic E-state index is 0.140. The number of aliphatic hydroxyl groups excluding tert-OH is 1. The fourth-order valence-corrected chi connectivity index (χ4v) is 4.96. The number of aromatic nitrogens is 2. The van der Waals surface area contributed by atoms with Crippen LogP contribution < -0.4 is 10.3 Å². The second kappa shape index (κ2) is 9.79. The largest absolute Gasteiger partial charge is 0.491 e. The van der Waals surface area contributed by atoms with Crippen molar-refractivity contribution in [1.29, 1.82) is 0 Å². The van der Waals surface area contributed by atoms with Crippen LogP contribution in [-0.4, -0.2) is 65.1 Å². The summed E-state index contributed by atoms with van der Waals surface area (Å²) in [6, 6.07) is 10.9. The summed E-state index contributed by atoms with van der Waals surface area (Å²) in [6.45, 7) is 5.62. The van der Waals surface area contributed by atoms with Crippen molar-refractivity contribution in [3.05, 3.63) is 61.5 Å². The number of fused-ring (bicyclic) bond motifs is 1. The van der Waals surface area contributed by atoms with Crippen LogP contribution in [0.5, 0.6) is 5.75 Å². The van der Waals surface area contributed by atoms with Crippen molar-refractivity contribution in [3.8, 4) is 11.4 Å². The Hall–Kier alpha value is -1.78. The van der Waals surface area contributed by atoms with Crippen LogP contribution in [0.4, 0.5) is 0 Å². The Kier molecular flexibility index (Phi) is 7.08. The van der Waals surface area contributed by atoms with E-state index < -0.39 is 6.10 Å². The highest BCUT2D eigenvalue weighted by Crippen LogP contribution is 2.26. The third kappa shape index (κ3) is 5.18. The van der Waals surface area contributed by atoms with Crippen LogP contribution in [0.25, 0.3) is 16.6 Å². The molecule has 0 saturated carbocycles. The third-order valence-electron chi connectivity index (χ3n) is 5.17. The molecule has 0 radical (unpaired) electrons. The van der Waals surface area contributed by atoms with E-state index in [1.807, 2.05) is 25.1 Å². The molecule has 0 spiro atoms. The second-order valence-corrected chi connectivity index (χ2v) is 9.23. The van der Waals surface area contributed by atoms with Crippen LogP contribution >= 0.6 is 31.9 Å². The van der Waals surface area contributed by atoms with Gasteiger partial charge in [-0.05, 0) is 59.3 Å². The Morgan fingerprint density at radius 2 is 1.90 bits per heavy atom. The van der Waals surface area contributed by atoms with Crippen molar-refractivity contribution in [2.45, 2.75) is 13.0 Å². The van der Waals surface area contributed by atoms with Gasteiger partial charge in [0.2, 0.25) is 0 Å². The van der Waals surface area contributed by atoms with E-state index in [0.29, 0.717) is 47.9 Å². The maximum Gasteiger partial charge on any atom is 0.266 e. The van der Waals surface area contributed by atoms with Crippen LogP contribution in [-0.2, 0) is 4.74 Å². The fraction of sp³-hybridized carbons (Fsp3) is 0.364. The van der Waals surface area contributed by atoms with Gasteiger partial charge in [-0.25, -0.2) is 4.98 Å². The van der Waals surface area contributed by atoms with Gasteiger partial charge in [0, 0.05) is 28.6 Å². The summed E-state index contributed by atoms with van der Waals surface area (Å²) in [5.41, 5.74) is 1.20. The highest BCUT2D eigenvalue weighted by molar-refractivity contribution is 9.11. The number of nitrogens with zero attached hydrogens (tertiary/aromatic N) is 3. The molecule has 2 aromatic carbocycles. The molecular formula is C22H23Br2N3O4. The molecule has 1 aliphatic rings. The van der Waals surface area contributed by atoms with E-state index in [-0.39, 0.29) is 12.2 Å². The summed E-state index contributed by atoms with van der Waals surface area (Å²) in [4.78, 5) is 19.9. The lowest BCUT2D eigenvalue weighted by molar-refractivity contribution is 0.00465. The Balaban J connectivity index is 1.49. The van der Waals surface area contributed by atoms with Crippen molar-refractivity contribution in [3.63, 3.8) is 0 Å². The van der Waals surface area contributed by atoms with Gasteiger partial charge in [-0.15, -0.1) is 0 Å². The van der Waals surface area contributed by atoms with Crippen molar-refractivity contribution in [1.82, 2.24) is 14.5 Å². The first-order valence-corrected chi connectivity index (χ1v) is 11.6. The minimum atomic E-state index is -0.579. The molecule has 1 aromatic heterocycles. The first-order chi connectivity index (χ1) is 14.9. The Morgan fingerprint density at radius 3 is 2.61 bits per heavy atom. The molecule has 1 unspecified atom stereocenters. The average Bonchev–Trinajstić information content (AvgIpc) is 2.75. The van der Waals surface area contributed by atoms with Gasteiger partial charge in [0.1, 0.15) is 24.3 Å². The summed E-state index contributed by atoms with van der Waals surface area (Å²) < 4.78 is 14.2.